The van der Waals surface area contributed by atoms with Crippen molar-refractivity contribution in [3.8, 4) is 0 Å². The minimum Gasteiger partial charge on any atom is -0.350 e. The number of nitrogens with zero attached hydrogens (tertiary/aromatic N) is 2. The molecule has 1 unspecified atom stereocenters. The SMILES string of the molecule is CCC(C)NC(=O)c1cnn(C)c1. The van der Waals surface area contributed by atoms with Crippen molar-refractivity contribution in [1.29, 1.82) is 0 Å². The molecule has 0 spiro atoms. The topological polar surface area (TPSA) is 46.9 Å². The summed E-state index contributed by atoms with van der Waals surface area (Å²) in [4.78, 5) is 11.5. The molecule has 13 heavy (non-hydrogen) atoms. The zero-order valence-corrected chi connectivity index (χ0v) is 8.24. The lowest BCUT2D eigenvalue weighted by atomic mass is 10.2. The number of aromatic nitrogens is 2. The third-order valence-corrected chi connectivity index (χ3v) is 1.96. The monoisotopic (exact) mass is 181 g/mol. The molecule has 1 rings (SSSR count). The highest BCUT2D eigenvalue weighted by Crippen LogP contribution is 1.97. The van der Waals surface area contributed by atoms with Gasteiger partial charge in [0.2, 0.25) is 0 Å². The van der Waals surface area contributed by atoms with Gasteiger partial charge in [-0.05, 0) is 13.3 Å². The van der Waals surface area contributed by atoms with Gasteiger partial charge in [-0.15, -0.1) is 0 Å². The molecule has 0 saturated carbocycles. The Kier molecular flexibility index (Phi) is 3.06. The van der Waals surface area contributed by atoms with Crippen LogP contribution in [0.3, 0.4) is 0 Å². The summed E-state index contributed by atoms with van der Waals surface area (Å²) in [7, 11) is 1.79. The molecule has 0 fully saturated rings. The fraction of sp³-hybridized carbons (Fsp3) is 0.556. The highest BCUT2D eigenvalue weighted by atomic mass is 16.1. The van der Waals surface area contributed by atoms with Gasteiger partial charge in [0.25, 0.3) is 5.91 Å². The molecule has 1 N–H and O–H groups in total. The number of nitrogens with one attached hydrogen (secondary N) is 1. The normalized spacial score (nSPS) is 12.5. The fourth-order valence-electron chi connectivity index (χ4n) is 0.948. The van der Waals surface area contributed by atoms with Crippen LogP contribution in [0.5, 0.6) is 0 Å². The van der Waals surface area contributed by atoms with Crippen LogP contribution in [0.25, 0.3) is 0 Å². The van der Waals surface area contributed by atoms with Gasteiger partial charge < -0.3 is 5.32 Å². The molecule has 1 aromatic heterocycles. The van der Waals surface area contributed by atoms with Crippen molar-refractivity contribution in [2.24, 2.45) is 7.05 Å². The van der Waals surface area contributed by atoms with E-state index in [-0.39, 0.29) is 11.9 Å². The molecule has 1 aromatic rings. The van der Waals surface area contributed by atoms with E-state index in [9.17, 15) is 4.79 Å². The van der Waals surface area contributed by atoms with Gasteiger partial charge in [-0.2, -0.15) is 5.10 Å². The number of rotatable bonds is 3. The van der Waals surface area contributed by atoms with Gasteiger partial charge in [0.1, 0.15) is 0 Å². The number of aryl methyl sites for hydroxylation is 1. The molecule has 1 heterocycles. The lowest BCUT2D eigenvalue weighted by molar-refractivity contribution is 0.0939. The summed E-state index contributed by atoms with van der Waals surface area (Å²) in [6.07, 6.45) is 4.21. The first-order chi connectivity index (χ1) is 6.13. The molecule has 72 valence electrons. The van der Waals surface area contributed by atoms with Crippen molar-refractivity contribution in [3.63, 3.8) is 0 Å². The van der Waals surface area contributed by atoms with Gasteiger partial charge in [0.05, 0.1) is 11.8 Å². The molecule has 4 nitrogen and oxygen atoms in total. The van der Waals surface area contributed by atoms with Crippen LogP contribution in [0.1, 0.15) is 30.6 Å². The largest absolute Gasteiger partial charge is 0.350 e. The Balaban J connectivity index is 2.58. The quantitative estimate of drug-likeness (QED) is 0.754. The van der Waals surface area contributed by atoms with Crippen molar-refractivity contribution in [2.45, 2.75) is 26.3 Å². The van der Waals surface area contributed by atoms with Crippen molar-refractivity contribution < 1.29 is 4.79 Å². The van der Waals surface area contributed by atoms with Crippen LogP contribution >= 0.6 is 0 Å². The number of amides is 1. The van der Waals surface area contributed by atoms with Crippen molar-refractivity contribution in [1.82, 2.24) is 15.1 Å². The molecule has 0 aliphatic rings. The van der Waals surface area contributed by atoms with Gasteiger partial charge in [-0.3, -0.25) is 9.48 Å². The van der Waals surface area contributed by atoms with E-state index in [2.05, 4.69) is 10.4 Å². The minimum atomic E-state index is -0.0533. The van der Waals surface area contributed by atoms with Gasteiger partial charge in [0.15, 0.2) is 0 Å². The molecule has 0 aromatic carbocycles. The summed E-state index contributed by atoms with van der Waals surface area (Å²) >= 11 is 0. The maximum Gasteiger partial charge on any atom is 0.254 e. The second-order valence-corrected chi connectivity index (χ2v) is 3.19. The van der Waals surface area contributed by atoms with E-state index in [0.717, 1.165) is 6.42 Å². The Morgan fingerprint density at radius 1 is 1.77 bits per heavy atom. The number of carbonyl (C=O) groups excluding carboxylic acids is 1. The lowest BCUT2D eigenvalue weighted by Gasteiger charge is -2.09. The van der Waals surface area contributed by atoms with E-state index in [1.807, 2.05) is 13.8 Å². The first kappa shape index (κ1) is 9.77. The van der Waals surface area contributed by atoms with Crippen LogP contribution in [0.4, 0.5) is 0 Å². The molecule has 1 atom stereocenters. The van der Waals surface area contributed by atoms with Gasteiger partial charge in [-0.1, -0.05) is 6.92 Å². The molecule has 0 saturated heterocycles. The number of carbonyl (C=O) groups is 1. The summed E-state index contributed by atoms with van der Waals surface area (Å²) in [5, 5.41) is 6.79. The molecule has 0 aliphatic carbocycles. The molecular weight excluding hydrogens is 166 g/mol. The zero-order chi connectivity index (χ0) is 9.84. The van der Waals surface area contributed by atoms with Crippen molar-refractivity contribution >= 4 is 5.91 Å². The summed E-state index contributed by atoms with van der Waals surface area (Å²) in [6, 6.07) is 0.215. The predicted octanol–water partition coefficient (Wildman–Crippen LogP) is 0.948. The van der Waals surface area contributed by atoms with E-state index in [0.29, 0.717) is 5.56 Å². The van der Waals surface area contributed by atoms with Crippen LogP contribution in [-0.2, 0) is 7.05 Å². The molecular formula is C9H15N3O. The molecule has 0 bridgehead atoms. The van der Waals surface area contributed by atoms with Crippen LogP contribution in [0.2, 0.25) is 0 Å². The first-order valence-corrected chi connectivity index (χ1v) is 4.43. The predicted molar refractivity (Wildman–Crippen MR) is 50.4 cm³/mol. The van der Waals surface area contributed by atoms with E-state index < -0.39 is 0 Å². The van der Waals surface area contributed by atoms with E-state index in [1.165, 1.54) is 0 Å². The highest BCUT2D eigenvalue weighted by Gasteiger charge is 2.09. The van der Waals surface area contributed by atoms with E-state index >= 15 is 0 Å². The van der Waals surface area contributed by atoms with Gasteiger partial charge >= 0.3 is 0 Å². The minimum absolute atomic E-state index is 0.0533. The van der Waals surface area contributed by atoms with Gasteiger partial charge in [-0.25, -0.2) is 0 Å². The van der Waals surface area contributed by atoms with Crippen molar-refractivity contribution in [3.05, 3.63) is 18.0 Å². The maximum absolute atomic E-state index is 11.5. The van der Waals surface area contributed by atoms with E-state index in [1.54, 1.807) is 24.1 Å². The lowest BCUT2D eigenvalue weighted by Crippen LogP contribution is -2.31. The first-order valence-electron chi connectivity index (χ1n) is 4.43. The molecule has 0 radical (unpaired) electrons. The average Bonchev–Trinajstić information content (AvgIpc) is 2.51. The Labute approximate surface area is 77.9 Å². The summed E-state index contributed by atoms with van der Waals surface area (Å²) < 4.78 is 1.62. The molecule has 0 aliphatic heterocycles. The Bertz CT molecular complexity index is 293. The maximum atomic E-state index is 11.5. The third-order valence-electron chi connectivity index (χ3n) is 1.96. The molecule has 1 amide bonds. The highest BCUT2D eigenvalue weighted by molar-refractivity contribution is 5.93. The Morgan fingerprint density at radius 2 is 2.46 bits per heavy atom. The third kappa shape index (κ3) is 2.57. The van der Waals surface area contributed by atoms with Gasteiger partial charge in [0, 0.05) is 19.3 Å². The Hall–Kier alpha value is -1.32. The van der Waals surface area contributed by atoms with Crippen LogP contribution < -0.4 is 5.32 Å². The van der Waals surface area contributed by atoms with Crippen molar-refractivity contribution in [2.75, 3.05) is 0 Å². The second-order valence-electron chi connectivity index (χ2n) is 3.19. The summed E-state index contributed by atoms with van der Waals surface area (Å²) in [6.45, 7) is 4.02. The number of hydrogen-bond donors (Lipinski definition) is 1. The molecule has 4 heteroatoms. The fourth-order valence-corrected chi connectivity index (χ4v) is 0.948. The standard InChI is InChI=1S/C9H15N3O/c1-4-7(2)11-9(13)8-5-10-12(3)6-8/h5-7H,4H2,1-3H3,(H,11,13). The summed E-state index contributed by atoms with van der Waals surface area (Å²) in [5.74, 6) is -0.0533. The zero-order valence-electron chi connectivity index (χ0n) is 8.24. The number of hydrogen-bond acceptors (Lipinski definition) is 2. The van der Waals surface area contributed by atoms with Crippen LogP contribution in [-0.4, -0.2) is 21.7 Å². The Morgan fingerprint density at radius 3 is 2.92 bits per heavy atom. The summed E-state index contributed by atoms with van der Waals surface area (Å²) in [5.41, 5.74) is 0.614. The van der Waals surface area contributed by atoms with Crippen LogP contribution in [0, 0.1) is 0 Å². The second kappa shape index (κ2) is 4.07. The van der Waals surface area contributed by atoms with Crippen LogP contribution in [0.15, 0.2) is 12.4 Å². The average molecular weight is 181 g/mol. The smallest absolute Gasteiger partial charge is 0.254 e. The van der Waals surface area contributed by atoms with E-state index in [4.69, 9.17) is 0 Å².